The van der Waals surface area contributed by atoms with Crippen molar-refractivity contribution in [2.75, 3.05) is 35.0 Å². The molecule has 2 heterocycles. The zero-order chi connectivity index (χ0) is 33.6. The van der Waals surface area contributed by atoms with Gasteiger partial charge in [0, 0.05) is 18.8 Å². The Kier molecular flexibility index (Phi) is 10.4. The molecule has 0 saturated carbocycles. The summed E-state index contributed by atoms with van der Waals surface area (Å²) in [6.07, 6.45) is -1.03. The minimum atomic E-state index is -4.68. The molecule has 15 heteroatoms. The van der Waals surface area contributed by atoms with E-state index in [-0.39, 0.29) is 66.0 Å². The number of rotatable bonds is 10. The van der Waals surface area contributed by atoms with Gasteiger partial charge in [0.05, 0.1) is 65.3 Å². The molecule has 0 spiro atoms. The van der Waals surface area contributed by atoms with E-state index in [1.54, 1.807) is 24.0 Å². The van der Waals surface area contributed by atoms with Gasteiger partial charge in [-0.05, 0) is 67.3 Å². The highest BCUT2D eigenvalue weighted by molar-refractivity contribution is 7.90. The lowest BCUT2D eigenvalue weighted by Crippen LogP contribution is -2.48. The molecule has 0 saturated heterocycles. The van der Waals surface area contributed by atoms with Gasteiger partial charge in [-0.1, -0.05) is 6.92 Å². The van der Waals surface area contributed by atoms with Gasteiger partial charge >= 0.3 is 12.3 Å². The number of hydrogen-bond acceptors (Lipinski definition) is 10. The Hall–Kier alpha value is -4.89. The highest BCUT2D eigenvalue weighted by Gasteiger charge is 2.41. The van der Waals surface area contributed by atoms with E-state index < -0.39 is 39.8 Å². The molecular formula is C31H31F3N6O5S. The van der Waals surface area contributed by atoms with Crippen LogP contribution in [0.4, 0.5) is 29.6 Å². The van der Waals surface area contributed by atoms with Gasteiger partial charge in [-0.2, -0.15) is 23.7 Å². The number of fused-ring (bicyclic) bond motifs is 1. The largest absolute Gasteiger partial charge is 0.489 e. The van der Waals surface area contributed by atoms with Crippen molar-refractivity contribution >= 4 is 27.6 Å². The number of carbonyl (C=O) groups is 1. The van der Waals surface area contributed by atoms with Gasteiger partial charge in [-0.3, -0.25) is 4.90 Å². The zero-order valence-corrected chi connectivity index (χ0v) is 26.1. The number of halogens is 3. The van der Waals surface area contributed by atoms with E-state index in [1.807, 2.05) is 19.1 Å². The monoisotopic (exact) mass is 656 g/mol. The van der Waals surface area contributed by atoms with E-state index >= 15 is 0 Å². The number of alkyl halides is 3. The molecule has 3 aromatic rings. The van der Waals surface area contributed by atoms with Crippen LogP contribution in [0.2, 0.25) is 0 Å². The molecule has 11 nitrogen and oxygen atoms in total. The second-order valence-corrected chi connectivity index (χ2v) is 12.9. The van der Waals surface area contributed by atoms with Crippen LogP contribution in [-0.2, 0) is 27.3 Å². The highest BCUT2D eigenvalue weighted by atomic mass is 32.2. The molecule has 0 fully saturated rings. The molecule has 46 heavy (non-hydrogen) atoms. The molecule has 4 rings (SSSR count). The summed E-state index contributed by atoms with van der Waals surface area (Å²) in [4.78, 5) is 25.0. The van der Waals surface area contributed by atoms with Crippen molar-refractivity contribution in [2.24, 2.45) is 0 Å². The molecule has 1 aliphatic rings. The molecule has 1 amide bonds. The van der Waals surface area contributed by atoms with Crippen LogP contribution in [0.3, 0.4) is 0 Å². The van der Waals surface area contributed by atoms with Crippen LogP contribution in [0.1, 0.15) is 60.5 Å². The standard InChI is InChI=1S/C31H31F3N6O5S/c1-4-24-14-28(26-13-23(31(32,33)34)6-7-27(26)40(24)30(41)44-5-2)39(19-22-11-20(15-35)10-21(12-22)16-36)29-37-17-25(18-38-29)45-8-9-46(3,42)43/h6-7,10-13,17-18,24,28H,4-5,8-9,14,19H2,1-3H3/t24-,28+/m1/s1. The topological polar surface area (TPSA) is 150 Å². The van der Waals surface area contributed by atoms with Crippen LogP contribution in [0.5, 0.6) is 5.75 Å². The molecular weight excluding hydrogens is 625 g/mol. The highest BCUT2D eigenvalue weighted by Crippen LogP contribution is 2.45. The van der Waals surface area contributed by atoms with Crippen LogP contribution in [0.15, 0.2) is 48.8 Å². The summed E-state index contributed by atoms with van der Waals surface area (Å²) in [5.74, 6) is 0.0330. The molecule has 1 aliphatic heterocycles. The van der Waals surface area contributed by atoms with Crippen LogP contribution >= 0.6 is 0 Å². The number of aromatic nitrogens is 2. The van der Waals surface area contributed by atoms with Crippen molar-refractivity contribution in [1.82, 2.24) is 9.97 Å². The number of benzene rings is 2. The number of hydrogen-bond donors (Lipinski definition) is 0. The first kappa shape index (κ1) is 34.0. The summed E-state index contributed by atoms with van der Waals surface area (Å²) in [7, 11) is -3.28. The molecule has 242 valence electrons. The van der Waals surface area contributed by atoms with Crippen molar-refractivity contribution < 1.29 is 35.9 Å². The summed E-state index contributed by atoms with van der Waals surface area (Å²) >= 11 is 0. The number of anilines is 2. The normalized spacial score (nSPS) is 16.1. The Morgan fingerprint density at radius 1 is 1.09 bits per heavy atom. The number of nitriles is 2. The van der Waals surface area contributed by atoms with Crippen LogP contribution in [-0.4, -0.2) is 55.7 Å². The Morgan fingerprint density at radius 2 is 1.74 bits per heavy atom. The lowest BCUT2D eigenvalue weighted by atomic mass is 9.87. The van der Waals surface area contributed by atoms with E-state index in [9.17, 15) is 36.9 Å². The minimum Gasteiger partial charge on any atom is -0.489 e. The molecule has 0 unspecified atom stereocenters. The SMILES string of the molecule is CCOC(=O)N1c2ccc(C(F)(F)F)cc2[C@@H](N(Cc2cc(C#N)cc(C#N)c2)c2ncc(OCCS(C)(=O)=O)cn2)C[C@H]1CC. The smallest absolute Gasteiger partial charge is 0.416 e. The molecule has 2 aromatic carbocycles. The number of nitrogens with zero attached hydrogens (tertiary/aromatic N) is 6. The third-order valence-corrected chi connectivity index (χ3v) is 8.25. The predicted octanol–water partition coefficient (Wildman–Crippen LogP) is 5.56. The molecule has 2 atom stereocenters. The van der Waals surface area contributed by atoms with Gasteiger partial charge in [-0.25, -0.2) is 23.2 Å². The van der Waals surface area contributed by atoms with Crippen LogP contribution < -0.4 is 14.5 Å². The summed E-state index contributed by atoms with van der Waals surface area (Å²) in [5, 5.41) is 19.1. The number of sulfone groups is 1. The first-order chi connectivity index (χ1) is 21.8. The fraction of sp³-hybridized carbons (Fsp3) is 0.387. The van der Waals surface area contributed by atoms with E-state index in [1.165, 1.54) is 29.4 Å². The van der Waals surface area contributed by atoms with Gasteiger partial charge in [-0.15, -0.1) is 0 Å². The maximum atomic E-state index is 14.0. The minimum absolute atomic E-state index is 0.0192. The first-order valence-electron chi connectivity index (χ1n) is 14.3. The Bertz CT molecular complexity index is 1740. The van der Waals surface area contributed by atoms with Gasteiger partial charge in [0.25, 0.3) is 0 Å². The second kappa shape index (κ2) is 14.0. The fourth-order valence-corrected chi connectivity index (χ4v) is 5.65. The first-order valence-corrected chi connectivity index (χ1v) is 16.3. The van der Waals surface area contributed by atoms with Crippen molar-refractivity contribution in [3.05, 3.63) is 76.6 Å². The fourth-order valence-electron chi connectivity index (χ4n) is 5.26. The van der Waals surface area contributed by atoms with Gasteiger partial charge in [0.2, 0.25) is 5.95 Å². The van der Waals surface area contributed by atoms with E-state index in [0.29, 0.717) is 12.0 Å². The lowest BCUT2D eigenvalue weighted by Gasteiger charge is -2.44. The number of carbonyl (C=O) groups excluding carboxylic acids is 1. The van der Waals surface area contributed by atoms with Crippen LogP contribution in [0, 0.1) is 22.7 Å². The van der Waals surface area contributed by atoms with Crippen molar-refractivity contribution in [1.29, 1.82) is 10.5 Å². The Balaban J connectivity index is 1.87. The second-order valence-electron chi connectivity index (χ2n) is 10.6. The van der Waals surface area contributed by atoms with Crippen LogP contribution in [0.25, 0.3) is 0 Å². The molecule has 0 N–H and O–H groups in total. The maximum Gasteiger partial charge on any atom is 0.416 e. The molecule has 0 aliphatic carbocycles. The lowest BCUT2D eigenvalue weighted by molar-refractivity contribution is -0.137. The maximum absolute atomic E-state index is 14.0. The van der Waals surface area contributed by atoms with Crippen molar-refractivity contribution in [3.8, 4) is 17.9 Å². The van der Waals surface area contributed by atoms with E-state index in [0.717, 1.165) is 18.4 Å². The predicted molar refractivity (Wildman–Crippen MR) is 162 cm³/mol. The summed E-state index contributed by atoms with van der Waals surface area (Å²) < 4.78 is 75.7. The van der Waals surface area contributed by atoms with Gasteiger partial charge in [0.15, 0.2) is 15.6 Å². The molecule has 0 bridgehead atoms. The van der Waals surface area contributed by atoms with E-state index in [4.69, 9.17) is 9.47 Å². The zero-order valence-electron chi connectivity index (χ0n) is 25.3. The Labute approximate surface area is 264 Å². The van der Waals surface area contributed by atoms with Crippen molar-refractivity contribution in [2.45, 2.75) is 51.5 Å². The average molecular weight is 657 g/mol. The van der Waals surface area contributed by atoms with Gasteiger partial charge < -0.3 is 14.4 Å². The summed E-state index contributed by atoms with van der Waals surface area (Å²) in [6.45, 7) is 3.40. The summed E-state index contributed by atoms with van der Waals surface area (Å²) in [6, 6.07) is 10.5. The third-order valence-electron chi connectivity index (χ3n) is 7.34. The quantitative estimate of drug-likeness (QED) is 0.272. The summed E-state index contributed by atoms with van der Waals surface area (Å²) in [5.41, 5.74) is 0.442. The number of ether oxygens (including phenoxy) is 2. The van der Waals surface area contributed by atoms with E-state index in [2.05, 4.69) is 9.97 Å². The average Bonchev–Trinajstić information content (AvgIpc) is 3.01. The molecule has 1 aromatic heterocycles. The van der Waals surface area contributed by atoms with Gasteiger partial charge in [0.1, 0.15) is 6.61 Å². The number of amides is 1. The Morgan fingerprint density at radius 3 is 2.28 bits per heavy atom. The van der Waals surface area contributed by atoms with Crippen molar-refractivity contribution in [3.63, 3.8) is 0 Å². The third kappa shape index (κ3) is 8.03. The molecule has 0 radical (unpaired) electrons.